The predicted octanol–water partition coefficient (Wildman–Crippen LogP) is 4.51. The number of fused-ring (bicyclic) bond motifs is 1. The highest BCUT2D eigenvalue weighted by Crippen LogP contribution is 2.35. The molecule has 0 aromatic heterocycles. The third-order valence-electron chi connectivity index (χ3n) is 3.15. The van der Waals surface area contributed by atoms with Crippen LogP contribution in [-0.2, 0) is 0 Å². The van der Waals surface area contributed by atoms with Gasteiger partial charge < -0.3 is 15.2 Å². The SMILES string of the molecule is NC(CSc1ccc(Cl)c(Cl)c1)c1ccc2c(c1)OCO2. The second-order valence-corrected chi connectivity index (χ2v) is 6.51. The minimum Gasteiger partial charge on any atom is -0.454 e. The van der Waals surface area contributed by atoms with Gasteiger partial charge in [-0.05, 0) is 35.9 Å². The van der Waals surface area contributed by atoms with Gasteiger partial charge in [-0.1, -0.05) is 29.3 Å². The van der Waals surface area contributed by atoms with Gasteiger partial charge in [-0.15, -0.1) is 11.8 Å². The molecule has 0 spiro atoms. The van der Waals surface area contributed by atoms with Gasteiger partial charge in [0.25, 0.3) is 0 Å². The van der Waals surface area contributed by atoms with Crippen LogP contribution in [-0.4, -0.2) is 12.5 Å². The van der Waals surface area contributed by atoms with Crippen LogP contribution in [0.1, 0.15) is 11.6 Å². The van der Waals surface area contributed by atoms with Crippen molar-refractivity contribution in [1.29, 1.82) is 0 Å². The lowest BCUT2D eigenvalue weighted by atomic mass is 10.1. The molecule has 3 rings (SSSR count). The number of benzene rings is 2. The highest BCUT2D eigenvalue weighted by molar-refractivity contribution is 7.99. The molecule has 0 fully saturated rings. The van der Waals surface area contributed by atoms with E-state index in [0.29, 0.717) is 10.0 Å². The molecule has 1 aliphatic heterocycles. The van der Waals surface area contributed by atoms with Crippen LogP contribution in [0, 0.1) is 0 Å². The second kappa shape index (κ2) is 6.36. The zero-order chi connectivity index (χ0) is 14.8. The van der Waals surface area contributed by atoms with Crippen molar-refractivity contribution in [3.05, 3.63) is 52.0 Å². The van der Waals surface area contributed by atoms with Crippen LogP contribution in [0.15, 0.2) is 41.3 Å². The van der Waals surface area contributed by atoms with Crippen LogP contribution < -0.4 is 15.2 Å². The molecule has 2 N–H and O–H groups in total. The summed E-state index contributed by atoms with van der Waals surface area (Å²) in [5, 5.41) is 1.11. The molecule has 0 saturated carbocycles. The fraction of sp³-hybridized carbons (Fsp3) is 0.200. The average molecular weight is 342 g/mol. The number of hydrogen-bond donors (Lipinski definition) is 1. The van der Waals surface area contributed by atoms with E-state index in [1.807, 2.05) is 30.3 Å². The molecular weight excluding hydrogens is 329 g/mol. The van der Waals surface area contributed by atoms with Gasteiger partial charge in [-0.3, -0.25) is 0 Å². The first kappa shape index (κ1) is 14.9. The summed E-state index contributed by atoms with van der Waals surface area (Å²) in [6, 6.07) is 11.3. The second-order valence-electron chi connectivity index (χ2n) is 4.61. The molecule has 3 nitrogen and oxygen atoms in total. The molecular formula is C15H13Cl2NO2S. The molecule has 21 heavy (non-hydrogen) atoms. The van der Waals surface area contributed by atoms with E-state index in [2.05, 4.69) is 0 Å². The number of thioether (sulfide) groups is 1. The Morgan fingerprint density at radius 3 is 2.67 bits per heavy atom. The Bertz CT molecular complexity index is 666. The van der Waals surface area contributed by atoms with Crippen molar-refractivity contribution >= 4 is 35.0 Å². The van der Waals surface area contributed by atoms with Crippen molar-refractivity contribution in [3.8, 4) is 11.5 Å². The Morgan fingerprint density at radius 1 is 1.05 bits per heavy atom. The van der Waals surface area contributed by atoms with Gasteiger partial charge >= 0.3 is 0 Å². The fourth-order valence-corrected chi connectivity index (χ4v) is 3.29. The largest absolute Gasteiger partial charge is 0.454 e. The van der Waals surface area contributed by atoms with Crippen molar-refractivity contribution < 1.29 is 9.47 Å². The van der Waals surface area contributed by atoms with Gasteiger partial charge in [0.2, 0.25) is 6.79 Å². The molecule has 0 radical (unpaired) electrons. The van der Waals surface area contributed by atoms with Crippen LogP contribution in [0.5, 0.6) is 11.5 Å². The highest BCUT2D eigenvalue weighted by atomic mass is 35.5. The van der Waals surface area contributed by atoms with Gasteiger partial charge in [-0.25, -0.2) is 0 Å². The number of rotatable bonds is 4. The molecule has 1 unspecified atom stereocenters. The molecule has 2 aromatic rings. The van der Waals surface area contributed by atoms with Gasteiger partial charge in [-0.2, -0.15) is 0 Å². The Morgan fingerprint density at radius 2 is 1.86 bits per heavy atom. The van der Waals surface area contributed by atoms with Crippen molar-refractivity contribution in [1.82, 2.24) is 0 Å². The van der Waals surface area contributed by atoms with Crippen LogP contribution in [0.25, 0.3) is 0 Å². The van der Waals surface area contributed by atoms with Gasteiger partial charge in [0.15, 0.2) is 11.5 Å². The third kappa shape index (κ3) is 3.40. The molecule has 110 valence electrons. The summed E-state index contributed by atoms with van der Waals surface area (Å²) in [5.41, 5.74) is 7.25. The van der Waals surface area contributed by atoms with Gasteiger partial charge in [0, 0.05) is 16.7 Å². The number of halogens is 2. The lowest BCUT2D eigenvalue weighted by molar-refractivity contribution is 0.174. The minimum absolute atomic E-state index is 0.0982. The van der Waals surface area contributed by atoms with Crippen molar-refractivity contribution in [2.45, 2.75) is 10.9 Å². The smallest absolute Gasteiger partial charge is 0.231 e. The van der Waals surface area contributed by atoms with Gasteiger partial charge in [0.1, 0.15) is 0 Å². The highest BCUT2D eigenvalue weighted by Gasteiger charge is 2.16. The lowest BCUT2D eigenvalue weighted by Crippen LogP contribution is -2.12. The third-order valence-corrected chi connectivity index (χ3v) is 5.00. The van der Waals surface area contributed by atoms with Crippen molar-refractivity contribution in [3.63, 3.8) is 0 Å². The minimum atomic E-state index is -0.0982. The first-order chi connectivity index (χ1) is 10.1. The first-order valence-electron chi connectivity index (χ1n) is 6.36. The molecule has 1 atom stereocenters. The summed E-state index contributed by atoms with van der Waals surface area (Å²) in [5.74, 6) is 2.25. The maximum atomic E-state index is 6.23. The molecule has 0 aliphatic carbocycles. The summed E-state index contributed by atoms with van der Waals surface area (Å²) in [6.45, 7) is 0.270. The van der Waals surface area contributed by atoms with E-state index >= 15 is 0 Å². The molecule has 1 heterocycles. The summed E-state index contributed by atoms with van der Waals surface area (Å²) in [6.07, 6.45) is 0. The number of ether oxygens (including phenoxy) is 2. The molecule has 1 aliphatic rings. The average Bonchev–Trinajstić information content (AvgIpc) is 2.95. The zero-order valence-corrected chi connectivity index (χ0v) is 13.3. The summed E-state index contributed by atoms with van der Waals surface area (Å²) < 4.78 is 10.7. The van der Waals surface area contributed by atoms with E-state index in [4.69, 9.17) is 38.4 Å². The lowest BCUT2D eigenvalue weighted by Gasteiger charge is -2.12. The summed E-state index contributed by atoms with van der Waals surface area (Å²) >= 11 is 13.5. The van der Waals surface area contributed by atoms with E-state index < -0.39 is 0 Å². The van der Waals surface area contributed by atoms with E-state index in [1.165, 1.54) is 0 Å². The van der Waals surface area contributed by atoms with Crippen molar-refractivity contribution in [2.75, 3.05) is 12.5 Å². The Balaban J connectivity index is 1.66. The topological polar surface area (TPSA) is 44.5 Å². The number of hydrogen-bond acceptors (Lipinski definition) is 4. The summed E-state index contributed by atoms with van der Waals surface area (Å²) in [4.78, 5) is 1.04. The molecule has 2 aromatic carbocycles. The first-order valence-corrected chi connectivity index (χ1v) is 8.10. The molecule has 0 amide bonds. The van der Waals surface area contributed by atoms with Crippen LogP contribution in [0.2, 0.25) is 10.0 Å². The van der Waals surface area contributed by atoms with Crippen LogP contribution in [0.4, 0.5) is 0 Å². The molecule has 0 saturated heterocycles. The Labute approximate surface area is 137 Å². The maximum Gasteiger partial charge on any atom is 0.231 e. The van der Waals surface area contributed by atoms with E-state index in [-0.39, 0.29) is 12.8 Å². The monoisotopic (exact) mass is 341 g/mol. The fourth-order valence-electron chi connectivity index (χ4n) is 1.99. The van der Waals surface area contributed by atoms with Crippen LogP contribution >= 0.6 is 35.0 Å². The molecule has 6 heteroatoms. The quantitative estimate of drug-likeness (QED) is 0.830. The normalized spacial score (nSPS) is 14.2. The summed E-state index contributed by atoms with van der Waals surface area (Å²) in [7, 11) is 0. The Kier molecular flexibility index (Phi) is 4.50. The van der Waals surface area contributed by atoms with E-state index in [1.54, 1.807) is 17.8 Å². The Hall–Kier alpha value is -1.07. The van der Waals surface area contributed by atoms with Crippen molar-refractivity contribution in [2.24, 2.45) is 5.73 Å². The molecule has 0 bridgehead atoms. The predicted molar refractivity (Wildman–Crippen MR) is 86.7 cm³/mol. The zero-order valence-electron chi connectivity index (χ0n) is 11.0. The van der Waals surface area contributed by atoms with E-state index in [0.717, 1.165) is 27.7 Å². The number of nitrogens with two attached hydrogens (primary N) is 1. The van der Waals surface area contributed by atoms with E-state index in [9.17, 15) is 0 Å². The maximum absolute atomic E-state index is 6.23. The standard InChI is InChI=1S/C15H13Cl2NO2S/c16-11-3-2-10(6-12(11)17)21-7-13(18)9-1-4-14-15(5-9)20-8-19-14/h1-6,13H,7-8,18H2. The van der Waals surface area contributed by atoms with Crippen LogP contribution in [0.3, 0.4) is 0 Å². The van der Waals surface area contributed by atoms with Gasteiger partial charge in [0.05, 0.1) is 10.0 Å².